The molecule has 0 aliphatic rings. The van der Waals surface area contributed by atoms with Crippen molar-refractivity contribution >= 4 is 23.5 Å². The second kappa shape index (κ2) is 8.48. The summed E-state index contributed by atoms with van der Waals surface area (Å²) in [5.41, 5.74) is 1.19. The maximum atomic E-state index is 11.7. The van der Waals surface area contributed by atoms with E-state index in [0.29, 0.717) is 24.6 Å². The Morgan fingerprint density at radius 2 is 2.18 bits per heavy atom. The Morgan fingerprint density at radius 1 is 1.32 bits per heavy atom. The number of amides is 1. The minimum Gasteiger partial charge on any atom is -0.493 e. The Labute approximate surface area is 134 Å². The van der Waals surface area contributed by atoms with Gasteiger partial charge in [-0.25, -0.2) is 0 Å². The highest BCUT2D eigenvalue weighted by atomic mass is 32.2. The number of rotatable bonds is 8. The number of aromatic nitrogens is 1. The molecule has 0 atom stereocenters. The molecule has 0 aliphatic carbocycles. The average molecular weight is 320 g/mol. The molecule has 0 bridgehead atoms. The lowest BCUT2D eigenvalue weighted by molar-refractivity contribution is -0.115. The van der Waals surface area contributed by atoms with Crippen LogP contribution >= 0.6 is 11.8 Å². The molecule has 1 amide bonds. The van der Waals surface area contributed by atoms with Crippen LogP contribution in [0, 0.1) is 13.8 Å². The Bertz CT molecular complexity index is 613. The number of nitrogens with one attached hydrogen (secondary N) is 1. The van der Waals surface area contributed by atoms with Gasteiger partial charge in [0, 0.05) is 24.0 Å². The second-order valence-electron chi connectivity index (χ2n) is 4.90. The number of ether oxygens (including phenoxy) is 1. The number of anilines is 1. The van der Waals surface area contributed by atoms with E-state index in [1.807, 2.05) is 31.2 Å². The van der Waals surface area contributed by atoms with Crippen LogP contribution in [0.25, 0.3) is 0 Å². The maximum Gasteiger partial charge on any atom is 0.226 e. The third-order valence-corrected chi connectivity index (χ3v) is 3.80. The fourth-order valence-corrected chi connectivity index (χ4v) is 2.56. The van der Waals surface area contributed by atoms with Gasteiger partial charge in [0.2, 0.25) is 5.91 Å². The molecule has 1 N–H and O–H groups in total. The molecule has 1 aromatic heterocycles. The Hall–Kier alpha value is -1.95. The van der Waals surface area contributed by atoms with Crippen LogP contribution in [0.2, 0.25) is 0 Å². The van der Waals surface area contributed by atoms with Crippen LogP contribution < -0.4 is 10.1 Å². The summed E-state index contributed by atoms with van der Waals surface area (Å²) in [6.45, 7) is 4.46. The summed E-state index contributed by atoms with van der Waals surface area (Å²) in [4.78, 5) is 11.7. The second-order valence-corrected chi connectivity index (χ2v) is 6.12. The van der Waals surface area contributed by atoms with Crippen molar-refractivity contribution in [2.75, 3.05) is 23.4 Å². The quantitative estimate of drug-likeness (QED) is 0.755. The summed E-state index contributed by atoms with van der Waals surface area (Å²) in [5.74, 6) is 3.58. The van der Waals surface area contributed by atoms with Crippen molar-refractivity contribution in [1.29, 1.82) is 0 Å². The molecular formula is C16H20N2O3S. The largest absolute Gasteiger partial charge is 0.493 e. The van der Waals surface area contributed by atoms with Gasteiger partial charge in [-0.2, -0.15) is 11.8 Å². The van der Waals surface area contributed by atoms with Crippen molar-refractivity contribution in [3.63, 3.8) is 0 Å². The fraction of sp³-hybridized carbons (Fsp3) is 0.375. The summed E-state index contributed by atoms with van der Waals surface area (Å²) >= 11 is 1.69. The SMILES string of the molecule is Cc1cccc(OCCSCCC(=O)Nc2cc(C)on2)c1. The van der Waals surface area contributed by atoms with Crippen LogP contribution in [0.15, 0.2) is 34.9 Å². The van der Waals surface area contributed by atoms with Gasteiger partial charge < -0.3 is 14.6 Å². The van der Waals surface area contributed by atoms with E-state index in [4.69, 9.17) is 9.26 Å². The van der Waals surface area contributed by atoms with Gasteiger partial charge in [-0.1, -0.05) is 17.3 Å². The van der Waals surface area contributed by atoms with E-state index in [0.717, 1.165) is 17.3 Å². The molecule has 22 heavy (non-hydrogen) atoms. The standard InChI is InChI=1S/C16H20N2O3S/c1-12-4-3-5-14(10-12)20-7-9-22-8-6-16(19)17-15-11-13(2)21-18-15/h3-5,10-11H,6-9H2,1-2H3,(H,17,18,19). The van der Waals surface area contributed by atoms with E-state index in [1.54, 1.807) is 24.8 Å². The van der Waals surface area contributed by atoms with E-state index >= 15 is 0 Å². The van der Waals surface area contributed by atoms with Gasteiger partial charge in [0.15, 0.2) is 5.82 Å². The predicted octanol–water partition coefficient (Wildman–Crippen LogP) is 3.43. The molecule has 5 nitrogen and oxygen atoms in total. The molecule has 0 fully saturated rings. The molecule has 0 saturated carbocycles. The van der Waals surface area contributed by atoms with Crippen molar-refractivity contribution in [3.8, 4) is 5.75 Å². The molecule has 0 radical (unpaired) electrons. The lowest BCUT2D eigenvalue weighted by atomic mass is 10.2. The van der Waals surface area contributed by atoms with Gasteiger partial charge in [0.05, 0.1) is 6.61 Å². The van der Waals surface area contributed by atoms with Crippen LogP contribution in [0.3, 0.4) is 0 Å². The Morgan fingerprint density at radius 3 is 2.91 bits per heavy atom. The zero-order valence-corrected chi connectivity index (χ0v) is 13.6. The highest BCUT2D eigenvalue weighted by Crippen LogP contribution is 2.13. The van der Waals surface area contributed by atoms with E-state index in [2.05, 4.69) is 10.5 Å². The normalized spacial score (nSPS) is 10.5. The van der Waals surface area contributed by atoms with Crippen LogP contribution in [0.5, 0.6) is 5.75 Å². The Balaban J connectivity index is 1.54. The highest BCUT2D eigenvalue weighted by Gasteiger charge is 2.05. The molecule has 0 unspecified atom stereocenters. The first-order chi connectivity index (χ1) is 10.6. The number of carbonyl (C=O) groups excluding carboxylic acids is 1. The summed E-state index contributed by atoms with van der Waals surface area (Å²) < 4.78 is 10.5. The van der Waals surface area contributed by atoms with Crippen LogP contribution in [-0.4, -0.2) is 29.2 Å². The van der Waals surface area contributed by atoms with Crippen molar-refractivity contribution < 1.29 is 14.1 Å². The van der Waals surface area contributed by atoms with E-state index in [9.17, 15) is 4.79 Å². The van der Waals surface area contributed by atoms with Crippen molar-refractivity contribution in [1.82, 2.24) is 5.16 Å². The van der Waals surface area contributed by atoms with Gasteiger partial charge >= 0.3 is 0 Å². The zero-order valence-electron chi connectivity index (χ0n) is 12.8. The van der Waals surface area contributed by atoms with Gasteiger partial charge in [0.1, 0.15) is 11.5 Å². The number of carbonyl (C=O) groups is 1. The number of hydrogen-bond acceptors (Lipinski definition) is 5. The highest BCUT2D eigenvalue weighted by molar-refractivity contribution is 7.99. The lowest BCUT2D eigenvalue weighted by Crippen LogP contribution is -2.12. The molecule has 1 aromatic carbocycles. The van der Waals surface area contributed by atoms with Gasteiger partial charge in [0.25, 0.3) is 0 Å². The number of hydrogen-bond donors (Lipinski definition) is 1. The van der Waals surface area contributed by atoms with E-state index < -0.39 is 0 Å². The fourth-order valence-electron chi connectivity index (χ4n) is 1.82. The number of thioether (sulfide) groups is 1. The molecule has 0 saturated heterocycles. The molecule has 0 spiro atoms. The third-order valence-electron chi connectivity index (χ3n) is 2.85. The predicted molar refractivity (Wildman–Crippen MR) is 88.5 cm³/mol. The summed E-state index contributed by atoms with van der Waals surface area (Å²) in [6.07, 6.45) is 0.445. The lowest BCUT2D eigenvalue weighted by Gasteiger charge is -2.06. The average Bonchev–Trinajstić information content (AvgIpc) is 2.88. The number of nitrogens with zero attached hydrogens (tertiary/aromatic N) is 1. The van der Waals surface area contributed by atoms with E-state index in [1.165, 1.54) is 5.56 Å². The van der Waals surface area contributed by atoms with Crippen molar-refractivity contribution in [2.45, 2.75) is 20.3 Å². The molecule has 6 heteroatoms. The minimum absolute atomic E-state index is 0.0552. The zero-order chi connectivity index (χ0) is 15.8. The summed E-state index contributed by atoms with van der Waals surface area (Å²) in [5, 5.41) is 6.42. The van der Waals surface area contributed by atoms with E-state index in [-0.39, 0.29) is 5.91 Å². The molecule has 2 aromatic rings. The monoisotopic (exact) mass is 320 g/mol. The van der Waals surface area contributed by atoms with Gasteiger partial charge in [-0.15, -0.1) is 0 Å². The van der Waals surface area contributed by atoms with Crippen molar-refractivity contribution in [2.24, 2.45) is 0 Å². The molecule has 0 aliphatic heterocycles. The summed E-state index contributed by atoms with van der Waals surface area (Å²) in [7, 11) is 0. The molecule has 2 rings (SSSR count). The molecule has 1 heterocycles. The van der Waals surface area contributed by atoms with Gasteiger partial charge in [-0.3, -0.25) is 4.79 Å². The first-order valence-electron chi connectivity index (χ1n) is 7.14. The Kier molecular flexibility index (Phi) is 6.33. The summed E-state index contributed by atoms with van der Waals surface area (Å²) in [6, 6.07) is 9.67. The molecule has 118 valence electrons. The number of aryl methyl sites for hydroxylation is 2. The van der Waals surface area contributed by atoms with Crippen LogP contribution in [-0.2, 0) is 4.79 Å². The van der Waals surface area contributed by atoms with Crippen LogP contribution in [0.1, 0.15) is 17.7 Å². The molecular weight excluding hydrogens is 300 g/mol. The topological polar surface area (TPSA) is 64.4 Å². The first-order valence-corrected chi connectivity index (χ1v) is 8.29. The van der Waals surface area contributed by atoms with Crippen LogP contribution in [0.4, 0.5) is 5.82 Å². The third kappa shape index (κ3) is 5.81. The maximum absolute atomic E-state index is 11.7. The number of benzene rings is 1. The smallest absolute Gasteiger partial charge is 0.226 e. The van der Waals surface area contributed by atoms with Crippen molar-refractivity contribution in [3.05, 3.63) is 41.7 Å². The first kappa shape index (κ1) is 16.4. The van der Waals surface area contributed by atoms with Gasteiger partial charge in [-0.05, 0) is 31.5 Å². The minimum atomic E-state index is -0.0552.